The highest BCUT2D eigenvalue weighted by Gasteiger charge is 2.40. The SMILES string of the molecule is CC(C)N1CCOCC2(CCCN(C(=O)Cc3cccs3)C2)C1.O=C(O)C(F)(F)F. The Hall–Kier alpha value is -1.65. The van der Waals surface area contributed by atoms with Gasteiger partial charge in [0.15, 0.2) is 0 Å². The van der Waals surface area contributed by atoms with Gasteiger partial charge in [-0.25, -0.2) is 4.79 Å². The molecule has 1 aromatic rings. The number of nitrogens with zero attached hydrogens (tertiary/aromatic N) is 2. The van der Waals surface area contributed by atoms with Crippen molar-refractivity contribution in [2.24, 2.45) is 5.41 Å². The van der Waals surface area contributed by atoms with Crippen LogP contribution >= 0.6 is 11.3 Å². The van der Waals surface area contributed by atoms with Gasteiger partial charge in [0.25, 0.3) is 0 Å². The van der Waals surface area contributed by atoms with Gasteiger partial charge in [-0.2, -0.15) is 13.2 Å². The predicted molar refractivity (Wildman–Crippen MR) is 107 cm³/mol. The molecule has 1 atom stereocenters. The molecule has 0 aromatic carbocycles. The molecule has 30 heavy (non-hydrogen) atoms. The first-order valence-electron chi connectivity index (χ1n) is 9.94. The monoisotopic (exact) mass is 450 g/mol. The number of hydrogen-bond donors (Lipinski definition) is 1. The van der Waals surface area contributed by atoms with Gasteiger partial charge >= 0.3 is 12.1 Å². The van der Waals surface area contributed by atoms with Crippen LogP contribution < -0.4 is 0 Å². The number of thiophene rings is 1. The predicted octanol–water partition coefficient (Wildman–Crippen LogP) is 3.27. The Morgan fingerprint density at radius 3 is 2.57 bits per heavy atom. The standard InChI is InChI=1S/C18H28N2O2S.C2HF3O2/c1-15(2)19-8-9-22-14-18(12-19)6-4-7-20(13-18)17(21)11-16-5-3-10-23-16;3-2(4,5)1(6)7/h3,5,10,15H,4,6-9,11-14H2,1-2H3;(H,6,7). The summed E-state index contributed by atoms with van der Waals surface area (Å²) in [7, 11) is 0. The Balaban J connectivity index is 0.000000396. The van der Waals surface area contributed by atoms with Gasteiger partial charge in [-0.1, -0.05) is 6.07 Å². The molecule has 1 N–H and O–H groups in total. The van der Waals surface area contributed by atoms with E-state index in [1.54, 1.807) is 11.3 Å². The molecule has 3 heterocycles. The number of likely N-dealkylation sites (tertiary alicyclic amines) is 1. The number of rotatable bonds is 3. The van der Waals surface area contributed by atoms with Crippen molar-refractivity contribution in [1.29, 1.82) is 0 Å². The fourth-order valence-electron chi connectivity index (χ4n) is 3.81. The summed E-state index contributed by atoms with van der Waals surface area (Å²) < 4.78 is 37.7. The smallest absolute Gasteiger partial charge is 0.475 e. The molecule has 0 bridgehead atoms. The lowest BCUT2D eigenvalue weighted by Crippen LogP contribution is -2.53. The zero-order valence-electron chi connectivity index (χ0n) is 17.3. The van der Waals surface area contributed by atoms with Crippen LogP contribution in [-0.2, 0) is 20.7 Å². The van der Waals surface area contributed by atoms with E-state index in [1.165, 1.54) is 6.42 Å². The maximum absolute atomic E-state index is 12.7. The van der Waals surface area contributed by atoms with Crippen LogP contribution in [0.2, 0.25) is 0 Å². The third kappa shape index (κ3) is 7.24. The van der Waals surface area contributed by atoms with Gasteiger partial charge in [0.05, 0.1) is 19.6 Å². The molecular weight excluding hydrogens is 421 g/mol. The van der Waals surface area contributed by atoms with Gasteiger partial charge in [-0.05, 0) is 38.1 Å². The Morgan fingerprint density at radius 1 is 1.30 bits per heavy atom. The summed E-state index contributed by atoms with van der Waals surface area (Å²) in [6.45, 7) is 9.90. The highest BCUT2D eigenvalue weighted by atomic mass is 32.1. The second-order valence-corrected chi connectivity index (χ2v) is 9.13. The topological polar surface area (TPSA) is 70.1 Å². The van der Waals surface area contributed by atoms with Gasteiger partial charge in [0.1, 0.15) is 0 Å². The zero-order chi connectivity index (χ0) is 22.4. The fraction of sp³-hybridized carbons (Fsp3) is 0.700. The van der Waals surface area contributed by atoms with Gasteiger partial charge in [0.2, 0.25) is 5.91 Å². The van der Waals surface area contributed by atoms with E-state index in [-0.39, 0.29) is 11.3 Å². The minimum Gasteiger partial charge on any atom is -0.475 e. The molecule has 1 aromatic heterocycles. The molecule has 2 fully saturated rings. The van der Waals surface area contributed by atoms with Crippen LogP contribution in [0.1, 0.15) is 31.6 Å². The largest absolute Gasteiger partial charge is 0.490 e. The highest BCUT2D eigenvalue weighted by molar-refractivity contribution is 7.10. The normalized spacial score (nSPS) is 23.1. The molecule has 170 valence electrons. The number of carbonyl (C=O) groups excluding carboxylic acids is 1. The summed E-state index contributed by atoms with van der Waals surface area (Å²) in [5.41, 5.74) is 0.115. The minimum atomic E-state index is -5.08. The molecule has 1 spiro atoms. The molecule has 0 saturated carbocycles. The van der Waals surface area contributed by atoms with E-state index in [0.29, 0.717) is 12.5 Å². The van der Waals surface area contributed by atoms with E-state index in [9.17, 15) is 18.0 Å². The number of alkyl halides is 3. The summed E-state index contributed by atoms with van der Waals surface area (Å²) in [6, 6.07) is 4.60. The van der Waals surface area contributed by atoms with Gasteiger partial charge in [-0.3, -0.25) is 9.69 Å². The van der Waals surface area contributed by atoms with Crippen LogP contribution in [0.3, 0.4) is 0 Å². The number of piperidine rings is 1. The molecule has 2 saturated heterocycles. The average Bonchev–Trinajstić information content (AvgIpc) is 3.08. The molecule has 1 amide bonds. The van der Waals surface area contributed by atoms with Crippen molar-refractivity contribution in [3.63, 3.8) is 0 Å². The van der Waals surface area contributed by atoms with Gasteiger partial charge in [-0.15, -0.1) is 11.3 Å². The van der Waals surface area contributed by atoms with Gasteiger partial charge < -0.3 is 14.7 Å². The van der Waals surface area contributed by atoms with E-state index in [1.807, 2.05) is 11.4 Å². The number of amides is 1. The molecule has 0 radical (unpaired) electrons. The van der Waals surface area contributed by atoms with Crippen molar-refractivity contribution >= 4 is 23.2 Å². The molecule has 1 unspecified atom stereocenters. The number of hydrogen-bond acceptors (Lipinski definition) is 5. The van der Waals surface area contributed by atoms with Crippen molar-refractivity contribution in [2.75, 3.05) is 39.4 Å². The summed E-state index contributed by atoms with van der Waals surface area (Å²) in [5.74, 6) is -2.49. The van der Waals surface area contributed by atoms with E-state index < -0.39 is 12.1 Å². The van der Waals surface area contributed by atoms with Crippen LogP contribution in [0.4, 0.5) is 13.2 Å². The number of halogens is 3. The minimum absolute atomic E-state index is 0.115. The summed E-state index contributed by atoms with van der Waals surface area (Å²) in [4.78, 5) is 27.3. The van der Waals surface area contributed by atoms with E-state index >= 15 is 0 Å². The fourth-order valence-corrected chi connectivity index (χ4v) is 4.50. The lowest BCUT2D eigenvalue weighted by molar-refractivity contribution is -0.192. The molecule has 10 heteroatoms. The summed E-state index contributed by atoms with van der Waals surface area (Å²) >= 11 is 1.67. The molecule has 2 aliphatic heterocycles. The highest BCUT2D eigenvalue weighted by Crippen LogP contribution is 2.34. The van der Waals surface area contributed by atoms with E-state index in [0.717, 1.165) is 50.7 Å². The van der Waals surface area contributed by atoms with Crippen LogP contribution in [0, 0.1) is 5.41 Å². The number of carbonyl (C=O) groups is 2. The first-order chi connectivity index (χ1) is 14.0. The molecule has 2 aliphatic rings. The Kier molecular flexibility index (Phi) is 8.69. The summed E-state index contributed by atoms with van der Waals surface area (Å²) in [6.07, 6.45) is -2.28. The van der Waals surface area contributed by atoms with Crippen molar-refractivity contribution < 1.29 is 32.6 Å². The zero-order valence-corrected chi connectivity index (χ0v) is 18.1. The van der Waals surface area contributed by atoms with Gasteiger partial charge in [0, 0.05) is 42.5 Å². The maximum atomic E-state index is 12.7. The molecular formula is C20H29F3N2O4S. The Morgan fingerprint density at radius 2 is 2.00 bits per heavy atom. The van der Waals surface area contributed by atoms with Crippen LogP contribution in [0.5, 0.6) is 0 Å². The van der Waals surface area contributed by atoms with Crippen molar-refractivity contribution in [1.82, 2.24) is 9.80 Å². The lowest BCUT2D eigenvalue weighted by atomic mass is 9.79. The van der Waals surface area contributed by atoms with Crippen molar-refractivity contribution in [3.05, 3.63) is 22.4 Å². The van der Waals surface area contributed by atoms with Crippen LogP contribution in [-0.4, -0.2) is 78.4 Å². The number of carboxylic acid groups (broad SMARTS) is 1. The Labute approximate surface area is 178 Å². The Bertz CT molecular complexity index is 697. The molecule has 3 rings (SSSR count). The lowest BCUT2D eigenvalue weighted by Gasteiger charge is -2.44. The quantitative estimate of drug-likeness (QED) is 0.766. The van der Waals surface area contributed by atoms with Crippen molar-refractivity contribution in [3.8, 4) is 0 Å². The number of ether oxygens (including phenoxy) is 1. The van der Waals surface area contributed by atoms with E-state index in [4.69, 9.17) is 14.6 Å². The number of aliphatic carboxylic acids is 1. The maximum Gasteiger partial charge on any atom is 0.490 e. The third-order valence-corrected chi connectivity index (χ3v) is 6.24. The number of carboxylic acids is 1. The van der Waals surface area contributed by atoms with Crippen LogP contribution in [0.25, 0.3) is 0 Å². The average molecular weight is 451 g/mol. The first kappa shape index (κ1) is 24.6. The first-order valence-corrected chi connectivity index (χ1v) is 10.8. The van der Waals surface area contributed by atoms with E-state index in [2.05, 4.69) is 29.7 Å². The van der Waals surface area contributed by atoms with Crippen molar-refractivity contribution in [2.45, 2.75) is 45.3 Å². The summed E-state index contributed by atoms with van der Waals surface area (Å²) in [5, 5.41) is 9.17. The second-order valence-electron chi connectivity index (χ2n) is 8.09. The molecule has 6 nitrogen and oxygen atoms in total. The molecule has 0 aliphatic carbocycles. The second kappa shape index (κ2) is 10.6. The van der Waals surface area contributed by atoms with Crippen LogP contribution in [0.15, 0.2) is 17.5 Å². The third-order valence-electron chi connectivity index (χ3n) is 5.36.